The van der Waals surface area contributed by atoms with Gasteiger partial charge >= 0.3 is 0 Å². The number of primary amides is 1. The zero-order valence-corrected chi connectivity index (χ0v) is 9.72. The van der Waals surface area contributed by atoms with Gasteiger partial charge in [0, 0.05) is 16.1 Å². The van der Waals surface area contributed by atoms with Gasteiger partial charge < -0.3 is 11.5 Å². The number of carbonyl (C=O) groups excluding carboxylic acids is 1. The molecule has 5 nitrogen and oxygen atoms in total. The van der Waals surface area contributed by atoms with Crippen molar-refractivity contribution in [3.8, 4) is 0 Å². The highest BCUT2D eigenvalue weighted by atomic mass is 32.2. The minimum atomic E-state index is -0.473. The van der Waals surface area contributed by atoms with E-state index < -0.39 is 5.91 Å². The van der Waals surface area contributed by atoms with Crippen molar-refractivity contribution in [3.05, 3.63) is 29.3 Å². The highest BCUT2D eigenvalue weighted by Crippen LogP contribution is 2.33. The van der Waals surface area contributed by atoms with E-state index in [0.29, 0.717) is 11.3 Å². The molecule has 0 saturated heterocycles. The molecule has 1 aromatic heterocycles. The molecule has 0 bridgehead atoms. The zero-order valence-electron chi connectivity index (χ0n) is 8.08. The Balaban J connectivity index is 2.32. The molecule has 82 valence electrons. The molecule has 1 aromatic carbocycles. The second-order valence-electron chi connectivity index (χ2n) is 2.92. The standard InChI is InChI=1S/C9H8N4OS2/c10-6-2-1-5(8(11)14)3-7(6)16-9-13-12-4-15-9/h1-4H,10H2,(H2,11,14). The van der Waals surface area contributed by atoms with E-state index in [2.05, 4.69) is 10.2 Å². The SMILES string of the molecule is NC(=O)c1ccc(N)c(Sc2nncs2)c1. The first-order valence-electron chi connectivity index (χ1n) is 4.30. The Morgan fingerprint density at radius 2 is 2.25 bits per heavy atom. The van der Waals surface area contributed by atoms with Gasteiger partial charge in [0.1, 0.15) is 5.51 Å². The number of benzene rings is 1. The Labute approximate surface area is 99.9 Å². The van der Waals surface area contributed by atoms with E-state index in [0.717, 1.165) is 9.24 Å². The first-order chi connectivity index (χ1) is 7.66. The second kappa shape index (κ2) is 4.50. The Morgan fingerprint density at radius 1 is 1.44 bits per heavy atom. The molecule has 1 heterocycles. The molecule has 7 heteroatoms. The lowest BCUT2D eigenvalue weighted by atomic mass is 10.2. The monoisotopic (exact) mass is 252 g/mol. The van der Waals surface area contributed by atoms with E-state index in [1.165, 1.54) is 23.1 Å². The van der Waals surface area contributed by atoms with Crippen molar-refractivity contribution >= 4 is 34.7 Å². The number of anilines is 1. The first kappa shape index (κ1) is 10.9. The Bertz CT molecular complexity index is 512. The van der Waals surface area contributed by atoms with Crippen LogP contribution in [0.2, 0.25) is 0 Å². The molecule has 0 spiro atoms. The van der Waals surface area contributed by atoms with Crippen LogP contribution < -0.4 is 11.5 Å². The fourth-order valence-electron chi connectivity index (χ4n) is 1.08. The minimum Gasteiger partial charge on any atom is -0.398 e. The van der Waals surface area contributed by atoms with E-state index in [1.54, 1.807) is 23.7 Å². The number of carbonyl (C=O) groups is 1. The number of rotatable bonds is 3. The van der Waals surface area contributed by atoms with E-state index in [1.807, 2.05) is 0 Å². The van der Waals surface area contributed by atoms with E-state index in [-0.39, 0.29) is 0 Å². The third kappa shape index (κ3) is 2.31. The Hall–Kier alpha value is -1.60. The predicted molar refractivity (Wildman–Crippen MR) is 63.4 cm³/mol. The number of nitrogens with two attached hydrogens (primary N) is 2. The summed E-state index contributed by atoms with van der Waals surface area (Å²) in [4.78, 5) is 11.8. The minimum absolute atomic E-state index is 0.432. The van der Waals surface area contributed by atoms with Gasteiger partial charge in [0.25, 0.3) is 0 Å². The summed E-state index contributed by atoms with van der Waals surface area (Å²) in [5.41, 5.74) is 13.6. The Kier molecular flexibility index (Phi) is 3.07. The highest BCUT2D eigenvalue weighted by molar-refractivity contribution is 8.01. The topological polar surface area (TPSA) is 94.9 Å². The molecule has 0 aliphatic heterocycles. The maximum atomic E-state index is 11.0. The molecule has 0 aliphatic rings. The van der Waals surface area contributed by atoms with Gasteiger partial charge in [0.2, 0.25) is 5.91 Å². The number of amides is 1. The van der Waals surface area contributed by atoms with Crippen molar-refractivity contribution < 1.29 is 4.79 Å². The molecule has 2 rings (SSSR count). The molecular formula is C9H8N4OS2. The van der Waals surface area contributed by atoms with E-state index in [9.17, 15) is 4.79 Å². The van der Waals surface area contributed by atoms with E-state index in [4.69, 9.17) is 11.5 Å². The summed E-state index contributed by atoms with van der Waals surface area (Å²) >= 11 is 2.77. The van der Waals surface area contributed by atoms with Crippen molar-refractivity contribution in [3.63, 3.8) is 0 Å². The van der Waals surface area contributed by atoms with Gasteiger partial charge in [-0.05, 0) is 18.2 Å². The summed E-state index contributed by atoms with van der Waals surface area (Å²) in [6.07, 6.45) is 0. The van der Waals surface area contributed by atoms with Crippen LogP contribution in [0.4, 0.5) is 5.69 Å². The van der Waals surface area contributed by atoms with Gasteiger partial charge in [0.05, 0.1) is 0 Å². The van der Waals surface area contributed by atoms with Gasteiger partial charge in [-0.1, -0.05) is 23.1 Å². The molecule has 0 unspecified atom stereocenters. The quantitative estimate of drug-likeness (QED) is 0.804. The number of hydrogen-bond acceptors (Lipinski definition) is 6. The van der Waals surface area contributed by atoms with Crippen LogP contribution in [0.25, 0.3) is 0 Å². The maximum Gasteiger partial charge on any atom is 0.248 e. The molecule has 1 amide bonds. The lowest BCUT2D eigenvalue weighted by molar-refractivity contribution is 0.1000. The fourth-order valence-corrected chi connectivity index (χ4v) is 2.59. The van der Waals surface area contributed by atoms with Crippen molar-refractivity contribution in [2.24, 2.45) is 5.73 Å². The fraction of sp³-hybridized carbons (Fsp3) is 0. The summed E-state index contributed by atoms with van der Waals surface area (Å²) < 4.78 is 0.772. The molecule has 2 aromatic rings. The third-order valence-electron chi connectivity index (χ3n) is 1.84. The van der Waals surface area contributed by atoms with E-state index >= 15 is 0 Å². The first-order valence-corrected chi connectivity index (χ1v) is 6.00. The Morgan fingerprint density at radius 3 is 2.88 bits per heavy atom. The molecule has 4 N–H and O–H groups in total. The van der Waals surface area contributed by atoms with Crippen LogP contribution in [0.1, 0.15) is 10.4 Å². The summed E-state index contributed by atoms with van der Waals surface area (Å²) in [5.74, 6) is -0.473. The molecule has 0 fully saturated rings. The van der Waals surface area contributed by atoms with Crippen LogP contribution in [0.15, 0.2) is 32.9 Å². The van der Waals surface area contributed by atoms with Gasteiger partial charge in [-0.15, -0.1) is 10.2 Å². The van der Waals surface area contributed by atoms with Crippen LogP contribution >= 0.6 is 23.1 Å². The van der Waals surface area contributed by atoms with Gasteiger partial charge in [0.15, 0.2) is 4.34 Å². The molecule has 0 saturated carbocycles. The molecule has 16 heavy (non-hydrogen) atoms. The summed E-state index contributed by atoms with van der Waals surface area (Å²) in [6, 6.07) is 4.91. The molecular weight excluding hydrogens is 244 g/mol. The summed E-state index contributed by atoms with van der Waals surface area (Å²) in [7, 11) is 0. The normalized spacial score (nSPS) is 10.2. The van der Waals surface area contributed by atoms with Gasteiger partial charge in [-0.25, -0.2) is 0 Å². The smallest absolute Gasteiger partial charge is 0.248 e. The van der Waals surface area contributed by atoms with Crippen molar-refractivity contribution in [2.75, 3.05) is 5.73 Å². The third-order valence-corrected chi connectivity index (χ3v) is 3.69. The zero-order chi connectivity index (χ0) is 11.5. The average molecular weight is 252 g/mol. The number of aromatic nitrogens is 2. The number of nitrogen functional groups attached to an aromatic ring is 1. The summed E-state index contributed by atoms with van der Waals surface area (Å²) in [6.45, 7) is 0. The average Bonchev–Trinajstić information content (AvgIpc) is 2.73. The number of hydrogen-bond donors (Lipinski definition) is 2. The van der Waals surface area contributed by atoms with Crippen LogP contribution in [-0.4, -0.2) is 16.1 Å². The van der Waals surface area contributed by atoms with Crippen LogP contribution in [-0.2, 0) is 0 Å². The maximum absolute atomic E-state index is 11.0. The highest BCUT2D eigenvalue weighted by Gasteiger charge is 2.08. The lowest BCUT2D eigenvalue weighted by Gasteiger charge is -2.04. The molecule has 0 radical (unpaired) electrons. The van der Waals surface area contributed by atoms with Crippen LogP contribution in [0.5, 0.6) is 0 Å². The van der Waals surface area contributed by atoms with Gasteiger partial charge in [-0.3, -0.25) is 4.79 Å². The second-order valence-corrected chi connectivity index (χ2v) is 5.05. The molecule has 0 atom stereocenters. The number of nitrogens with zero attached hydrogens (tertiary/aromatic N) is 2. The van der Waals surface area contributed by atoms with Crippen molar-refractivity contribution in [1.82, 2.24) is 10.2 Å². The largest absolute Gasteiger partial charge is 0.398 e. The molecule has 0 aliphatic carbocycles. The predicted octanol–water partition coefficient (Wildman–Crippen LogP) is 1.37. The van der Waals surface area contributed by atoms with Crippen LogP contribution in [0, 0.1) is 0 Å². The lowest BCUT2D eigenvalue weighted by Crippen LogP contribution is -2.11. The van der Waals surface area contributed by atoms with Gasteiger partial charge in [-0.2, -0.15) is 0 Å². The van der Waals surface area contributed by atoms with Crippen LogP contribution in [0.3, 0.4) is 0 Å². The van der Waals surface area contributed by atoms with Crippen molar-refractivity contribution in [1.29, 1.82) is 0 Å². The van der Waals surface area contributed by atoms with Crippen molar-refractivity contribution in [2.45, 2.75) is 9.24 Å². The summed E-state index contributed by atoms with van der Waals surface area (Å²) in [5, 5.41) is 7.61.